The van der Waals surface area contributed by atoms with Crippen LogP contribution in [0.1, 0.15) is 13.3 Å². The van der Waals surface area contributed by atoms with Gasteiger partial charge in [-0.3, -0.25) is 19.1 Å². The summed E-state index contributed by atoms with van der Waals surface area (Å²) in [6.45, 7) is 1.48. The number of esters is 1. The van der Waals surface area contributed by atoms with Crippen molar-refractivity contribution in [1.29, 1.82) is 0 Å². The third-order valence-corrected chi connectivity index (χ3v) is 2.08. The van der Waals surface area contributed by atoms with E-state index in [0.29, 0.717) is 6.20 Å². The molecule has 0 aliphatic heterocycles. The largest absolute Gasteiger partial charge is 0.466 e. The molecule has 0 spiro atoms. The average molecular weight is 260 g/mol. The van der Waals surface area contributed by atoms with E-state index >= 15 is 0 Å². The molecule has 1 atom stereocenters. The zero-order chi connectivity index (χ0) is 13.7. The number of hydrogen-bond acceptors (Lipinski definition) is 5. The number of aliphatic hydroxyl groups excluding tert-OH is 1. The van der Waals surface area contributed by atoms with Crippen molar-refractivity contribution in [1.82, 2.24) is 9.55 Å². The predicted molar refractivity (Wildman–Crippen MR) is 58.5 cm³/mol. The van der Waals surface area contributed by atoms with Gasteiger partial charge >= 0.3 is 11.7 Å². The van der Waals surface area contributed by atoms with Crippen LogP contribution in [0.15, 0.2) is 15.8 Å². The Bertz CT molecular complexity index is 536. The van der Waals surface area contributed by atoms with Crippen LogP contribution in [0.25, 0.3) is 0 Å². The van der Waals surface area contributed by atoms with Crippen LogP contribution in [0.3, 0.4) is 0 Å². The summed E-state index contributed by atoms with van der Waals surface area (Å²) in [5.41, 5.74) is -1.99. The second kappa shape index (κ2) is 6.10. The van der Waals surface area contributed by atoms with Gasteiger partial charge in [0, 0.05) is 0 Å². The molecule has 0 amide bonds. The van der Waals surface area contributed by atoms with Crippen LogP contribution in [0.4, 0.5) is 4.39 Å². The molecule has 0 radical (unpaired) electrons. The lowest BCUT2D eigenvalue weighted by Gasteiger charge is -2.11. The van der Waals surface area contributed by atoms with Crippen LogP contribution < -0.4 is 11.2 Å². The molecular weight excluding hydrogens is 247 g/mol. The Morgan fingerprint density at radius 1 is 1.61 bits per heavy atom. The third kappa shape index (κ3) is 3.81. The van der Waals surface area contributed by atoms with E-state index in [2.05, 4.69) is 4.74 Å². The highest BCUT2D eigenvalue weighted by Crippen LogP contribution is 1.98. The van der Waals surface area contributed by atoms with Gasteiger partial charge in [-0.1, -0.05) is 0 Å². The minimum Gasteiger partial charge on any atom is -0.466 e. The number of nitrogens with one attached hydrogen (secondary N) is 1. The van der Waals surface area contributed by atoms with Gasteiger partial charge in [0.2, 0.25) is 5.82 Å². The molecule has 0 fully saturated rings. The number of aromatic amines is 1. The highest BCUT2D eigenvalue weighted by Gasteiger charge is 2.14. The molecule has 100 valence electrons. The summed E-state index contributed by atoms with van der Waals surface area (Å²) >= 11 is 0. The van der Waals surface area contributed by atoms with Gasteiger partial charge in [-0.05, 0) is 6.92 Å². The van der Waals surface area contributed by atoms with Gasteiger partial charge < -0.3 is 9.84 Å². The molecule has 1 aromatic heterocycles. The Morgan fingerprint density at radius 3 is 2.89 bits per heavy atom. The highest BCUT2D eigenvalue weighted by molar-refractivity contribution is 5.69. The quantitative estimate of drug-likeness (QED) is 0.660. The maximum absolute atomic E-state index is 12.9. The first-order valence-corrected chi connectivity index (χ1v) is 5.27. The molecule has 2 N–H and O–H groups in total. The SMILES string of the molecule is CCOC(=O)CC(O)Cn1cc(F)c(=O)[nH]c1=O. The van der Waals surface area contributed by atoms with Crippen LogP contribution in [0.5, 0.6) is 0 Å². The van der Waals surface area contributed by atoms with Gasteiger partial charge in [-0.15, -0.1) is 0 Å². The Balaban J connectivity index is 2.73. The Labute approximate surface area is 101 Å². The molecule has 1 rings (SSSR count). The highest BCUT2D eigenvalue weighted by atomic mass is 19.1. The second-order valence-corrected chi connectivity index (χ2v) is 3.55. The molecule has 1 aromatic rings. The second-order valence-electron chi connectivity index (χ2n) is 3.55. The Kier molecular flexibility index (Phi) is 4.78. The number of ether oxygens (including phenoxy) is 1. The molecule has 0 aliphatic carbocycles. The fourth-order valence-corrected chi connectivity index (χ4v) is 1.32. The maximum Gasteiger partial charge on any atom is 0.328 e. The fourth-order valence-electron chi connectivity index (χ4n) is 1.32. The molecule has 7 nitrogen and oxygen atoms in total. The van der Waals surface area contributed by atoms with Gasteiger partial charge in [-0.25, -0.2) is 4.79 Å². The van der Waals surface area contributed by atoms with Crippen LogP contribution in [0.2, 0.25) is 0 Å². The molecule has 0 bridgehead atoms. The van der Waals surface area contributed by atoms with Gasteiger partial charge in [0.1, 0.15) is 0 Å². The number of aliphatic hydroxyl groups is 1. The minimum absolute atomic E-state index is 0.179. The number of carbonyl (C=O) groups excluding carboxylic acids is 1. The van der Waals surface area contributed by atoms with Crippen LogP contribution >= 0.6 is 0 Å². The summed E-state index contributed by atoms with van der Waals surface area (Å²) < 4.78 is 18.3. The monoisotopic (exact) mass is 260 g/mol. The first-order chi connectivity index (χ1) is 8.43. The van der Waals surface area contributed by atoms with Gasteiger partial charge in [0.05, 0.1) is 31.9 Å². The standard InChI is InChI=1S/C10H13FN2O5/c1-2-18-8(15)3-6(14)4-13-5-7(11)9(16)12-10(13)17/h5-6,14H,2-4H2,1H3,(H,12,16,17). The van der Waals surface area contributed by atoms with Crippen molar-refractivity contribution >= 4 is 5.97 Å². The maximum atomic E-state index is 12.9. The number of halogens is 1. The predicted octanol–water partition coefficient (Wildman–Crippen LogP) is -1.01. The van der Waals surface area contributed by atoms with Crippen molar-refractivity contribution in [2.24, 2.45) is 0 Å². The first kappa shape index (κ1) is 14.1. The van der Waals surface area contributed by atoms with Crippen LogP contribution in [0, 0.1) is 5.82 Å². The smallest absolute Gasteiger partial charge is 0.328 e. The summed E-state index contributed by atoms with van der Waals surface area (Å²) in [6, 6.07) is 0. The number of carbonyl (C=O) groups is 1. The van der Waals surface area contributed by atoms with Gasteiger partial charge in [0.25, 0.3) is 5.56 Å². The first-order valence-electron chi connectivity index (χ1n) is 5.27. The number of rotatable bonds is 5. The number of hydrogen-bond donors (Lipinski definition) is 2. The van der Waals surface area contributed by atoms with E-state index < -0.39 is 29.1 Å². The van der Waals surface area contributed by atoms with Crippen LogP contribution in [-0.4, -0.2) is 33.3 Å². The van der Waals surface area contributed by atoms with Gasteiger partial charge in [-0.2, -0.15) is 4.39 Å². The molecule has 18 heavy (non-hydrogen) atoms. The van der Waals surface area contributed by atoms with Crippen molar-refractivity contribution in [3.05, 3.63) is 32.9 Å². The molecule has 0 aliphatic rings. The molecule has 1 unspecified atom stereocenters. The molecule has 0 saturated heterocycles. The third-order valence-electron chi connectivity index (χ3n) is 2.08. The van der Waals surface area contributed by atoms with Crippen molar-refractivity contribution in [2.75, 3.05) is 6.61 Å². The average Bonchev–Trinajstić information content (AvgIpc) is 2.26. The van der Waals surface area contributed by atoms with E-state index in [1.54, 1.807) is 11.9 Å². The topological polar surface area (TPSA) is 101 Å². The summed E-state index contributed by atoms with van der Waals surface area (Å²) in [6.07, 6.45) is -0.844. The Hall–Kier alpha value is -1.96. The number of aromatic nitrogens is 2. The lowest BCUT2D eigenvalue weighted by Crippen LogP contribution is -2.35. The van der Waals surface area contributed by atoms with E-state index in [9.17, 15) is 23.9 Å². The number of nitrogens with zero attached hydrogens (tertiary/aromatic N) is 1. The number of H-pyrrole nitrogens is 1. The zero-order valence-corrected chi connectivity index (χ0v) is 9.68. The fraction of sp³-hybridized carbons (Fsp3) is 0.500. The summed E-state index contributed by atoms with van der Waals surface area (Å²) in [5.74, 6) is -1.76. The van der Waals surface area contributed by atoms with Gasteiger partial charge in [0.15, 0.2) is 0 Å². The summed E-state index contributed by atoms with van der Waals surface area (Å²) in [5, 5.41) is 9.51. The summed E-state index contributed by atoms with van der Waals surface area (Å²) in [4.78, 5) is 34.8. The summed E-state index contributed by atoms with van der Waals surface area (Å²) in [7, 11) is 0. The van der Waals surface area contributed by atoms with Crippen molar-refractivity contribution in [3.8, 4) is 0 Å². The van der Waals surface area contributed by atoms with Crippen LogP contribution in [-0.2, 0) is 16.1 Å². The zero-order valence-electron chi connectivity index (χ0n) is 9.68. The van der Waals surface area contributed by atoms with E-state index in [1.807, 2.05) is 0 Å². The molecular formula is C10H13FN2O5. The minimum atomic E-state index is -1.20. The lowest BCUT2D eigenvalue weighted by molar-refractivity contribution is -0.145. The van der Waals surface area contributed by atoms with Crippen molar-refractivity contribution in [3.63, 3.8) is 0 Å². The normalized spacial score (nSPS) is 12.2. The molecule has 1 heterocycles. The van der Waals surface area contributed by atoms with E-state index in [-0.39, 0.29) is 19.6 Å². The molecule has 0 aromatic carbocycles. The molecule has 8 heteroatoms. The van der Waals surface area contributed by atoms with Crippen molar-refractivity contribution < 1.29 is 19.0 Å². The van der Waals surface area contributed by atoms with E-state index in [0.717, 1.165) is 4.57 Å². The van der Waals surface area contributed by atoms with E-state index in [1.165, 1.54) is 0 Å². The Morgan fingerprint density at radius 2 is 2.28 bits per heavy atom. The van der Waals surface area contributed by atoms with E-state index in [4.69, 9.17) is 0 Å². The van der Waals surface area contributed by atoms with Crippen molar-refractivity contribution in [2.45, 2.75) is 26.0 Å². The molecule has 0 saturated carbocycles. The lowest BCUT2D eigenvalue weighted by atomic mass is 10.2.